The van der Waals surface area contributed by atoms with Gasteiger partial charge in [-0.15, -0.1) is 24.8 Å². The molecule has 1 aromatic carbocycles. The zero-order chi connectivity index (χ0) is 14.8. The standard InChI is InChI=1S/C15H15N5O.2ClH/c1-21-8-10-3-2-4-12(18-10)15-19-11-6-5-9(14(16)17)7-13(11)20-15;;/h2-7H,8H2,1H3,(H3,16,17)(H,19,20);2*1H. The maximum atomic E-state index is 7.47. The molecule has 6 nitrogen and oxygen atoms in total. The molecule has 0 atom stereocenters. The number of aromatic amines is 1. The minimum absolute atomic E-state index is 0. The monoisotopic (exact) mass is 353 g/mol. The number of nitrogen functional groups attached to an aromatic ring is 1. The van der Waals surface area contributed by atoms with Crippen molar-refractivity contribution in [2.24, 2.45) is 5.73 Å². The van der Waals surface area contributed by atoms with E-state index in [9.17, 15) is 0 Å². The molecule has 0 aliphatic heterocycles. The Hall–Kier alpha value is -2.15. The highest BCUT2D eigenvalue weighted by Gasteiger charge is 2.08. The molecule has 0 saturated heterocycles. The van der Waals surface area contributed by atoms with Crippen molar-refractivity contribution in [2.75, 3.05) is 7.11 Å². The van der Waals surface area contributed by atoms with Crippen molar-refractivity contribution in [2.45, 2.75) is 6.61 Å². The van der Waals surface area contributed by atoms with Crippen LogP contribution in [0.3, 0.4) is 0 Å². The van der Waals surface area contributed by atoms with Crippen LogP contribution in [-0.2, 0) is 11.3 Å². The molecular weight excluding hydrogens is 337 g/mol. The van der Waals surface area contributed by atoms with Crippen molar-refractivity contribution in [3.63, 3.8) is 0 Å². The Balaban J connectivity index is 0.00000132. The van der Waals surface area contributed by atoms with E-state index in [4.69, 9.17) is 15.9 Å². The van der Waals surface area contributed by atoms with E-state index in [1.54, 1.807) is 19.2 Å². The van der Waals surface area contributed by atoms with E-state index in [0.29, 0.717) is 18.0 Å². The Morgan fingerprint density at radius 1 is 1.22 bits per heavy atom. The van der Waals surface area contributed by atoms with Gasteiger partial charge in [0.05, 0.1) is 23.3 Å². The maximum Gasteiger partial charge on any atom is 0.157 e. The third-order valence-electron chi connectivity index (χ3n) is 3.14. The van der Waals surface area contributed by atoms with Gasteiger partial charge in [-0.25, -0.2) is 9.97 Å². The van der Waals surface area contributed by atoms with E-state index >= 15 is 0 Å². The molecule has 0 unspecified atom stereocenters. The molecule has 2 aromatic heterocycles. The fourth-order valence-electron chi connectivity index (χ4n) is 2.13. The first-order valence-corrected chi connectivity index (χ1v) is 6.47. The lowest BCUT2D eigenvalue weighted by molar-refractivity contribution is 0.181. The second-order valence-corrected chi connectivity index (χ2v) is 4.68. The number of methoxy groups -OCH3 is 1. The van der Waals surface area contributed by atoms with Gasteiger partial charge in [0.1, 0.15) is 11.5 Å². The van der Waals surface area contributed by atoms with Crippen LogP contribution < -0.4 is 5.73 Å². The Bertz CT molecular complexity index is 818. The van der Waals surface area contributed by atoms with E-state index in [-0.39, 0.29) is 30.6 Å². The van der Waals surface area contributed by atoms with Crippen molar-refractivity contribution < 1.29 is 4.74 Å². The topological polar surface area (TPSA) is 101 Å². The number of rotatable bonds is 4. The van der Waals surface area contributed by atoms with Gasteiger partial charge in [-0.05, 0) is 30.3 Å². The normalized spacial score (nSPS) is 9.96. The number of amidine groups is 1. The molecule has 3 rings (SSSR count). The highest BCUT2D eigenvalue weighted by molar-refractivity contribution is 5.98. The molecular formula is C15H17Cl2N5O. The van der Waals surface area contributed by atoms with Crippen LogP contribution in [-0.4, -0.2) is 27.9 Å². The van der Waals surface area contributed by atoms with Crippen molar-refractivity contribution >= 4 is 41.7 Å². The van der Waals surface area contributed by atoms with Gasteiger partial charge in [-0.1, -0.05) is 6.07 Å². The molecule has 4 N–H and O–H groups in total. The van der Waals surface area contributed by atoms with Gasteiger partial charge >= 0.3 is 0 Å². The van der Waals surface area contributed by atoms with Gasteiger partial charge in [-0.3, -0.25) is 5.41 Å². The molecule has 8 heteroatoms. The highest BCUT2D eigenvalue weighted by atomic mass is 35.5. The Labute approximate surface area is 145 Å². The van der Waals surface area contributed by atoms with Gasteiger partial charge < -0.3 is 15.5 Å². The summed E-state index contributed by atoms with van der Waals surface area (Å²) in [6, 6.07) is 11.2. The second kappa shape index (κ2) is 7.92. The number of ether oxygens (including phenoxy) is 1. The lowest BCUT2D eigenvalue weighted by Gasteiger charge is -2.00. The smallest absolute Gasteiger partial charge is 0.157 e. The van der Waals surface area contributed by atoms with Crippen LogP contribution in [0, 0.1) is 5.41 Å². The molecule has 0 fully saturated rings. The molecule has 0 aliphatic carbocycles. The number of nitrogens with two attached hydrogens (primary N) is 1. The van der Waals surface area contributed by atoms with Crippen LogP contribution in [0.15, 0.2) is 36.4 Å². The largest absolute Gasteiger partial charge is 0.384 e. The summed E-state index contributed by atoms with van der Waals surface area (Å²) >= 11 is 0. The number of hydrogen-bond donors (Lipinski definition) is 3. The summed E-state index contributed by atoms with van der Waals surface area (Å²) in [5, 5.41) is 7.47. The summed E-state index contributed by atoms with van der Waals surface area (Å²) < 4.78 is 5.09. The number of nitrogens with zero attached hydrogens (tertiary/aromatic N) is 2. The number of aromatic nitrogens is 3. The van der Waals surface area contributed by atoms with Crippen molar-refractivity contribution in [3.8, 4) is 11.5 Å². The molecule has 0 saturated carbocycles. The predicted molar refractivity (Wildman–Crippen MR) is 95.5 cm³/mol. The van der Waals surface area contributed by atoms with Crippen LogP contribution in [0.5, 0.6) is 0 Å². The molecule has 0 amide bonds. The van der Waals surface area contributed by atoms with Gasteiger partial charge in [-0.2, -0.15) is 0 Å². The van der Waals surface area contributed by atoms with E-state index in [2.05, 4.69) is 15.0 Å². The number of pyridine rings is 1. The fourth-order valence-corrected chi connectivity index (χ4v) is 2.13. The van der Waals surface area contributed by atoms with E-state index in [1.807, 2.05) is 24.3 Å². The van der Waals surface area contributed by atoms with Crippen LogP contribution >= 0.6 is 24.8 Å². The average molecular weight is 354 g/mol. The predicted octanol–water partition coefficient (Wildman–Crippen LogP) is 2.90. The van der Waals surface area contributed by atoms with Crippen LogP contribution in [0.1, 0.15) is 11.3 Å². The Morgan fingerprint density at radius 2 is 2.00 bits per heavy atom. The van der Waals surface area contributed by atoms with Crippen molar-refractivity contribution in [1.29, 1.82) is 5.41 Å². The first-order valence-electron chi connectivity index (χ1n) is 6.47. The maximum absolute atomic E-state index is 7.47. The molecule has 3 aromatic rings. The summed E-state index contributed by atoms with van der Waals surface area (Å²) in [7, 11) is 1.64. The number of imidazole rings is 1. The lowest BCUT2D eigenvalue weighted by atomic mass is 10.2. The summed E-state index contributed by atoms with van der Waals surface area (Å²) in [4.78, 5) is 12.2. The minimum atomic E-state index is 0. The first kappa shape index (κ1) is 18.9. The first-order chi connectivity index (χ1) is 10.2. The summed E-state index contributed by atoms with van der Waals surface area (Å²) in [5.74, 6) is 0.713. The van der Waals surface area contributed by atoms with Gasteiger partial charge in [0.25, 0.3) is 0 Å². The number of fused-ring (bicyclic) bond motifs is 1. The summed E-state index contributed by atoms with van der Waals surface area (Å²) in [5.41, 5.74) is 9.40. The number of benzene rings is 1. The van der Waals surface area contributed by atoms with Crippen LogP contribution in [0.2, 0.25) is 0 Å². The number of halogens is 2. The summed E-state index contributed by atoms with van der Waals surface area (Å²) in [6.45, 7) is 0.461. The van der Waals surface area contributed by atoms with Crippen LogP contribution in [0.25, 0.3) is 22.6 Å². The van der Waals surface area contributed by atoms with E-state index in [0.717, 1.165) is 22.4 Å². The van der Waals surface area contributed by atoms with Gasteiger partial charge in [0, 0.05) is 12.7 Å². The third kappa shape index (κ3) is 3.98. The second-order valence-electron chi connectivity index (χ2n) is 4.68. The Kier molecular flexibility index (Phi) is 6.50. The molecule has 0 radical (unpaired) electrons. The molecule has 2 heterocycles. The van der Waals surface area contributed by atoms with Crippen molar-refractivity contribution in [3.05, 3.63) is 47.7 Å². The molecule has 0 bridgehead atoms. The fraction of sp³-hybridized carbons (Fsp3) is 0.133. The number of H-pyrrole nitrogens is 1. The van der Waals surface area contributed by atoms with Crippen molar-refractivity contribution in [1.82, 2.24) is 15.0 Å². The Morgan fingerprint density at radius 3 is 2.70 bits per heavy atom. The SMILES string of the molecule is COCc1cccc(-c2nc3cc(C(=N)N)ccc3[nH]2)n1.Cl.Cl. The quantitative estimate of drug-likeness (QED) is 0.495. The average Bonchev–Trinajstić information content (AvgIpc) is 2.91. The highest BCUT2D eigenvalue weighted by Crippen LogP contribution is 2.20. The molecule has 23 heavy (non-hydrogen) atoms. The van der Waals surface area contributed by atoms with Gasteiger partial charge in [0.2, 0.25) is 0 Å². The lowest BCUT2D eigenvalue weighted by Crippen LogP contribution is -2.10. The van der Waals surface area contributed by atoms with Gasteiger partial charge in [0.15, 0.2) is 5.82 Å². The van der Waals surface area contributed by atoms with E-state index in [1.165, 1.54) is 0 Å². The zero-order valence-electron chi connectivity index (χ0n) is 12.4. The number of nitrogens with one attached hydrogen (secondary N) is 2. The summed E-state index contributed by atoms with van der Waals surface area (Å²) in [6.07, 6.45) is 0. The molecule has 0 spiro atoms. The zero-order valence-corrected chi connectivity index (χ0v) is 14.0. The minimum Gasteiger partial charge on any atom is -0.384 e. The molecule has 0 aliphatic rings. The van der Waals surface area contributed by atoms with E-state index < -0.39 is 0 Å². The molecule has 122 valence electrons. The third-order valence-corrected chi connectivity index (χ3v) is 3.14. The van der Waals surface area contributed by atoms with Crippen LogP contribution in [0.4, 0.5) is 0 Å². The number of hydrogen-bond acceptors (Lipinski definition) is 4.